The van der Waals surface area contributed by atoms with Gasteiger partial charge in [-0.3, -0.25) is 4.55 Å². The average molecular weight is 252 g/mol. The fraction of sp³-hybridized carbons (Fsp3) is 0.167. The quantitative estimate of drug-likeness (QED) is 0.813. The lowest BCUT2D eigenvalue weighted by Gasteiger charge is -2.09. The molecule has 1 unspecified atom stereocenters. The Bertz CT molecular complexity index is 629. The van der Waals surface area contributed by atoms with Crippen LogP contribution in [-0.4, -0.2) is 23.5 Å². The summed E-state index contributed by atoms with van der Waals surface area (Å²) in [5.41, 5.74) is -1.10. The van der Waals surface area contributed by atoms with E-state index in [1.165, 1.54) is 0 Å². The van der Waals surface area contributed by atoms with E-state index in [4.69, 9.17) is 4.55 Å². The highest BCUT2D eigenvalue weighted by Crippen LogP contribution is 2.20. The normalized spacial score (nSPS) is 13.8. The van der Waals surface area contributed by atoms with Gasteiger partial charge in [0.25, 0.3) is 10.1 Å². The van der Waals surface area contributed by atoms with E-state index in [1.807, 2.05) is 30.3 Å². The molecule has 90 valence electrons. The predicted molar refractivity (Wildman–Crippen MR) is 65.2 cm³/mol. The van der Waals surface area contributed by atoms with Gasteiger partial charge in [0.05, 0.1) is 0 Å². The van der Waals surface area contributed by atoms with E-state index in [2.05, 4.69) is 0 Å². The van der Waals surface area contributed by atoms with E-state index < -0.39 is 15.6 Å². The molecule has 2 rings (SSSR count). The molecule has 0 saturated carbocycles. The first-order chi connectivity index (χ1) is 7.98. The van der Waals surface area contributed by atoms with Crippen LogP contribution in [-0.2, 0) is 16.5 Å². The molecule has 0 bridgehead atoms. The first-order valence-corrected chi connectivity index (χ1v) is 6.60. The first-order valence-electron chi connectivity index (χ1n) is 5.09. The van der Waals surface area contributed by atoms with Crippen molar-refractivity contribution in [2.24, 2.45) is 0 Å². The lowest BCUT2D eigenvalue weighted by molar-refractivity contribution is 0.234. The van der Waals surface area contributed by atoms with Crippen molar-refractivity contribution in [2.75, 3.05) is 0 Å². The predicted octanol–water partition coefficient (Wildman–Crippen LogP) is 1.59. The van der Waals surface area contributed by atoms with E-state index >= 15 is 0 Å². The number of fused-ring (bicyclic) bond motifs is 1. The van der Waals surface area contributed by atoms with Crippen LogP contribution in [0.4, 0.5) is 0 Å². The maximum atomic E-state index is 10.8. The van der Waals surface area contributed by atoms with Crippen LogP contribution >= 0.6 is 0 Å². The molecule has 0 aliphatic carbocycles. The van der Waals surface area contributed by atoms with Crippen molar-refractivity contribution < 1.29 is 18.1 Å². The molecule has 2 aromatic rings. The fourth-order valence-corrected chi connectivity index (χ4v) is 2.15. The van der Waals surface area contributed by atoms with Gasteiger partial charge in [-0.25, -0.2) is 0 Å². The molecule has 17 heavy (non-hydrogen) atoms. The lowest BCUT2D eigenvalue weighted by Crippen LogP contribution is -2.22. The Balaban J connectivity index is 2.43. The van der Waals surface area contributed by atoms with Crippen LogP contribution in [0.2, 0.25) is 0 Å². The summed E-state index contributed by atoms with van der Waals surface area (Å²) in [6.07, 6.45) is -0.125. The summed E-state index contributed by atoms with van der Waals surface area (Å²) >= 11 is 0. The molecule has 2 aromatic carbocycles. The van der Waals surface area contributed by atoms with Gasteiger partial charge in [-0.05, 0) is 16.3 Å². The van der Waals surface area contributed by atoms with Crippen LogP contribution < -0.4 is 0 Å². The third-order valence-corrected chi connectivity index (χ3v) is 3.47. The van der Waals surface area contributed by atoms with Crippen molar-refractivity contribution in [3.8, 4) is 0 Å². The molecule has 4 nitrogen and oxygen atoms in total. The highest BCUT2D eigenvalue weighted by atomic mass is 32.2. The van der Waals surface area contributed by atoms with E-state index in [1.54, 1.807) is 12.1 Å². The molecule has 0 fully saturated rings. The minimum absolute atomic E-state index is 0.125. The molecule has 0 aromatic heterocycles. The van der Waals surface area contributed by atoms with Crippen LogP contribution in [0.1, 0.15) is 5.56 Å². The molecular formula is C12H12O4S. The molecular weight excluding hydrogens is 240 g/mol. The summed E-state index contributed by atoms with van der Waals surface area (Å²) < 4.78 is 30.3. The van der Waals surface area contributed by atoms with Gasteiger partial charge in [0, 0.05) is 6.42 Å². The van der Waals surface area contributed by atoms with E-state index in [0.717, 1.165) is 10.8 Å². The van der Waals surface area contributed by atoms with Gasteiger partial charge in [0.2, 0.25) is 0 Å². The van der Waals surface area contributed by atoms with Gasteiger partial charge >= 0.3 is 0 Å². The lowest BCUT2D eigenvalue weighted by atomic mass is 10.0. The molecule has 2 N–H and O–H groups in total. The van der Waals surface area contributed by atoms with Crippen molar-refractivity contribution in [1.29, 1.82) is 0 Å². The largest absolute Gasteiger partial charge is 0.375 e. The summed E-state index contributed by atoms with van der Waals surface area (Å²) in [6, 6.07) is 12.9. The maximum Gasteiger partial charge on any atom is 0.292 e. The number of hydrogen-bond donors (Lipinski definition) is 2. The number of rotatable bonds is 3. The summed E-state index contributed by atoms with van der Waals surface area (Å²) in [5.74, 6) is 0. The van der Waals surface area contributed by atoms with Crippen LogP contribution in [0, 0.1) is 0 Å². The molecule has 5 heteroatoms. The van der Waals surface area contributed by atoms with Gasteiger partial charge in [-0.15, -0.1) is 0 Å². The Morgan fingerprint density at radius 3 is 2.41 bits per heavy atom. The van der Waals surface area contributed by atoms with Crippen molar-refractivity contribution in [2.45, 2.75) is 11.9 Å². The Hall–Kier alpha value is -1.43. The van der Waals surface area contributed by atoms with Gasteiger partial charge in [0.15, 0.2) is 5.44 Å². The first kappa shape index (κ1) is 12.0. The fourth-order valence-electron chi connectivity index (χ4n) is 1.76. The SMILES string of the molecule is O=S(=O)(O)C(O)Cc1cccc2ccccc12. The molecule has 0 spiro atoms. The summed E-state index contributed by atoms with van der Waals surface area (Å²) in [4.78, 5) is 0. The van der Waals surface area contributed by atoms with Crippen LogP contribution in [0.15, 0.2) is 42.5 Å². The highest BCUT2D eigenvalue weighted by molar-refractivity contribution is 7.86. The number of hydrogen-bond acceptors (Lipinski definition) is 3. The molecule has 0 amide bonds. The van der Waals surface area contributed by atoms with Crippen molar-refractivity contribution in [3.63, 3.8) is 0 Å². The van der Waals surface area contributed by atoms with Gasteiger partial charge in [-0.1, -0.05) is 42.5 Å². The zero-order valence-corrected chi connectivity index (χ0v) is 9.76. The van der Waals surface area contributed by atoms with E-state index in [-0.39, 0.29) is 6.42 Å². The Morgan fingerprint density at radius 2 is 1.71 bits per heavy atom. The maximum absolute atomic E-state index is 10.8. The van der Waals surface area contributed by atoms with Gasteiger partial charge < -0.3 is 5.11 Å². The highest BCUT2D eigenvalue weighted by Gasteiger charge is 2.20. The second kappa shape index (κ2) is 4.44. The minimum Gasteiger partial charge on any atom is -0.375 e. The Labute approximate surface area is 99.3 Å². The topological polar surface area (TPSA) is 74.6 Å². The number of aliphatic hydroxyl groups excluding tert-OH is 1. The third-order valence-electron chi connectivity index (χ3n) is 2.62. The second-order valence-electron chi connectivity index (χ2n) is 3.81. The van der Waals surface area contributed by atoms with E-state index in [9.17, 15) is 13.5 Å². The smallest absolute Gasteiger partial charge is 0.292 e. The molecule has 0 saturated heterocycles. The molecule has 0 aliphatic heterocycles. The average Bonchev–Trinajstić information content (AvgIpc) is 2.28. The Morgan fingerprint density at radius 1 is 1.06 bits per heavy atom. The zero-order valence-electron chi connectivity index (χ0n) is 8.95. The van der Waals surface area contributed by atoms with Crippen LogP contribution in [0.3, 0.4) is 0 Å². The molecule has 0 radical (unpaired) electrons. The molecule has 0 aliphatic rings. The van der Waals surface area contributed by atoms with Gasteiger partial charge in [-0.2, -0.15) is 8.42 Å². The molecule has 1 atom stereocenters. The minimum atomic E-state index is -4.41. The zero-order chi connectivity index (χ0) is 12.5. The van der Waals surface area contributed by atoms with Crippen LogP contribution in [0.5, 0.6) is 0 Å². The van der Waals surface area contributed by atoms with Gasteiger partial charge in [0.1, 0.15) is 0 Å². The number of benzene rings is 2. The summed E-state index contributed by atoms with van der Waals surface area (Å²) in [7, 11) is -4.41. The summed E-state index contributed by atoms with van der Waals surface area (Å²) in [6.45, 7) is 0. The number of aliphatic hydroxyl groups is 1. The standard InChI is InChI=1S/C12H12O4S/c13-12(17(14,15)16)8-10-6-3-5-9-4-1-2-7-11(9)10/h1-7,12-13H,8H2,(H,14,15,16). The Kier molecular flexibility index (Phi) is 3.15. The monoisotopic (exact) mass is 252 g/mol. The van der Waals surface area contributed by atoms with Crippen molar-refractivity contribution in [3.05, 3.63) is 48.0 Å². The van der Waals surface area contributed by atoms with E-state index in [0.29, 0.717) is 5.56 Å². The van der Waals surface area contributed by atoms with Crippen molar-refractivity contribution in [1.82, 2.24) is 0 Å². The third kappa shape index (κ3) is 2.63. The van der Waals surface area contributed by atoms with Crippen LogP contribution in [0.25, 0.3) is 10.8 Å². The molecule has 0 heterocycles. The second-order valence-corrected chi connectivity index (χ2v) is 5.39. The van der Waals surface area contributed by atoms with Crippen molar-refractivity contribution >= 4 is 20.9 Å². The summed E-state index contributed by atoms with van der Waals surface area (Å²) in [5, 5.41) is 11.2.